The van der Waals surface area contributed by atoms with Crippen molar-refractivity contribution in [2.45, 2.75) is 18.5 Å². The molecule has 0 bridgehead atoms. The molecule has 0 aromatic heterocycles. The van der Waals surface area contributed by atoms with E-state index in [0.717, 1.165) is 24.6 Å². The third-order valence-electron chi connectivity index (χ3n) is 3.10. The van der Waals surface area contributed by atoms with Gasteiger partial charge in [-0.25, -0.2) is 13.6 Å². The fourth-order valence-corrected chi connectivity index (χ4v) is 2.23. The highest BCUT2D eigenvalue weighted by Gasteiger charge is 2.39. The molecule has 1 aliphatic heterocycles. The first-order valence-electron chi connectivity index (χ1n) is 5.78. The van der Waals surface area contributed by atoms with E-state index in [2.05, 4.69) is 16.0 Å². The standard InChI is InChI=1S/C12H15F2N3O/c1-15-11(18)17-12(5-2-6-16-12)9-7-8(13)3-4-10(9)14/h3-4,7,16H,2,5-6H2,1H3,(H2,15,17,18). The Balaban J connectivity index is 2.40. The topological polar surface area (TPSA) is 53.2 Å². The molecule has 0 radical (unpaired) electrons. The zero-order valence-corrected chi connectivity index (χ0v) is 10.0. The number of carbonyl (C=O) groups is 1. The lowest BCUT2D eigenvalue weighted by Gasteiger charge is -2.31. The minimum Gasteiger partial charge on any atom is -0.341 e. The van der Waals surface area contributed by atoms with Crippen LogP contribution >= 0.6 is 0 Å². The first-order chi connectivity index (χ1) is 8.57. The van der Waals surface area contributed by atoms with Crippen LogP contribution in [0.1, 0.15) is 18.4 Å². The van der Waals surface area contributed by atoms with Gasteiger partial charge >= 0.3 is 6.03 Å². The van der Waals surface area contributed by atoms with Crippen molar-refractivity contribution in [1.29, 1.82) is 0 Å². The van der Waals surface area contributed by atoms with E-state index in [9.17, 15) is 13.6 Å². The van der Waals surface area contributed by atoms with E-state index in [-0.39, 0.29) is 5.56 Å². The van der Waals surface area contributed by atoms with Crippen molar-refractivity contribution < 1.29 is 13.6 Å². The molecule has 0 aliphatic carbocycles. The average Bonchev–Trinajstić information content (AvgIpc) is 2.81. The highest BCUT2D eigenvalue weighted by Crippen LogP contribution is 2.30. The highest BCUT2D eigenvalue weighted by atomic mass is 19.1. The fraction of sp³-hybridized carbons (Fsp3) is 0.417. The molecule has 1 atom stereocenters. The molecular weight excluding hydrogens is 240 g/mol. The van der Waals surface area contributed by atoms with Crippen LogP contribution in [-0.4, -0.2) is 19.6 Å². The van der Waals surface area contributed by atoms with Crippen LogP contribution in [0.25, 0.3) is 0 Å². The van der Waals surface area contributed by atoms with Crippen molar-refractivity contribution in [3.63, 3.8) is 0 Å². The van der Waals surface area contributed by atoms with Gasteiger partial charge in [0, 0.05) is 12.6 Å². The van der Waals surface area contributed by atoms with Crippen LogP contribution in [-0.2, 0) is 5.66 Å². The van der Waals surface area contributed by atoms with Crippen LogP contribution in [0.3, 0.4) is 0 Å². The first kappa shape index (κ1) is 12.8. The summed E-state index contributed by atoms with van der Waals surface area (Å²) in [4.78, 5) is 11.5. The molecule has 2 rings (SSSR count). The lowest BCUT2D eigenvalue weighted by Crippen LogP contribution is -2.55. The molecule has 6 heteroatoms. The first-order valence-corrected chi connectivity index (χ1v) is 5.78. The Labute approximate surface area is 104 Å². The van der Waals surface area contributed by atoms with Crippen molar-refractivity contribution in [3.8, 4) is 0 Å². The van der Waals surface area contributed by atoms with Gasteiger partial charge in [0.25, 0.3) is 0 Å². The van der Waals surface area contributed by atoms with Crippen LogP contribution in [0.2, 0.25) is 0 Å². The number of halogens is 2. The van der Waals surface area contributed by atoms with Crippen molar-refractivity contribution in [1.82, 2.24) is 16.0 Å². The van der Waals surface area contributed by atoms with Gasteiger partial charge in [0.05, 0.1) is 0 Å². The number of carbonyl (C=O) groups excluding carboxylic acids is 1. The lowest BCUT2D eigenvalue weighted by atomic mass is 9.96. The zero-order chi connectivity index (χ0) is 13.2. The van der Waals surface area contributed by atoms with Gasteiger partial charge in [0.1, 0.15) is 17.3 Å². The van der Waals surface area contributed by atoms with Gasteiger partial charge in [-0.3, -0.25) is 5.32 Å². The molecule has 1 aromatic rings. The molecule has 1 saturated heterocycles. The van der Waals surface area contributed by atoms with Gasteiger partial charge < -0.3 is 10.6 Å². The Morgan fingerprint density at radius 2 is 2.22 bits per heavy atom. The van der Waals surface area contributed by atoms with Crippen LogP contribution in [0.4, 0.5) is 13.6 Å². The van der Waals surface area contributed by atoms with Gasteiger partial charge in [0.2, 0.25) is 0 Å². The summed E-state index contributed by atoms with van der Waals surface area (Å²) >= 11 is 0. The van der Waals surface area contributed by atoms with E-state index in [1.54, 1.807) is 0 Å². The molecule has 98 valence electrons. The number of urea groups is 1. The van der Waals surface area contributed by atoms with Gasteiger partial charge in [0.15, 0.2) is 0 Å². The normalized spacial score (nSPS) is 22.8. The lowest BCUT2D eigenvalue weighted by molar-refractivity contribution is 0.219. The number of nitrogens with one attached hydrogen (secondary N) is 3. The van der Waals surface area contributed by atoms with Crippen LogP contribution in [0.15, 0.2) is 18.2 Å². The third kappa shape index (κ3) is 2.28. The quantitative estimate of drug-likeness (QED) is 0.749. The van der Waals surface area contributed by atoms with E-state index in [1.807, 2.05) is 0 Å². The molecule has 1 unspecified atom stereocenters. The molecule has 1 aliphatic rings. The second-order valence-corrected chi connectivity index (χ2v) is 4.26. The fourth-order valence-electron chi connectivity index (χ4n) is 2.23. The monoisotopic (exact) mass is 255 g/mol. The molecular formula is C12H15F2N3O. The van der Waals surface area contributed by atoms with Crippen molar-refractivity contribution >= 4 is 6.03 Å². The Morgan fingerprint density at radius 3 is 2.83 bits per heavy atom. The largest absolute Gasteiger partial charge is 0.341 e. The summed E-state index contributed by atoms with van der Waals surface area (Å²) in [6.45, 7) is 0.639. The van der Waals surface area contributed by atoms with Gasteiger partial charge in [-0.1, -0.05) is 0 Å². The Hall–Kier alpha value is -1.69. The maximum absolute atomic E-state index is 13.8. The Morgan fingerprint density at radius 1 is 1.44 bits per heavy atom. The summed E-state index contributed by atoms with van der Waals surface area (Å²) in [5.41, 5.74) is -0.907. The number of benzene rings is 1. The SMILES string of the molecule is CNC(=O)NC1(c2cc(F)ccc2F)CCCN1. The second-order valence-electron chi connectivity index (χ2n) is 4.26. The number of hydrogen-bond donors (Lipinski definition) is 3. The zero-order valence-electron chi connectivity index (χ0n) is 10.0. The second kappa shape index (κ2) is 4.89. The number of rotatable bonds is 2. The highest BCUT2D eigenvalue weighted by molar-refractivity contribution is 5.74. The summed E-state index contributed by atoms with van der Waals surface area (Å²) in [5.74, 6) is -1.07. The molecule has 0 saturated carbocycles. The molecule has 1 heterocycles. The molecule has 18 heavy (non-hydrogen) atoms. The van der Waals surface area contributed by atoms with Crippen molar-refractivity contribution in [2.75, 3.05) is 13.6 Å². The summed E-state index contributed by atoms with van der Waals surface area (Å²) in [6, 6.07) is 2.80. The predicted octanol–water partition coefficient (Wildman–Crippen LogP) is 1.43. The van der Waals surface area contributed by atoms with Crippen LogP contribution < -0.4 is 16.0 Å². The van der Waals surface area contributed by atoms with Gasteiger partial charge in [-0.2, -0.15) is 0 Å². The Bertz CT molecular complexity index is 459. The van der Waals surface area contributed by atoms with Crippen LogP contribution in [0, 0.1) is 11.6 Å². The third-order valence-corrected chi connectivity index (χ3v) is 3.10. The minimum absolute atomic E-state index is 0.128. The van der Waals surface area contributed by atoms with E-state index in [4.69, 9.17) is 0 Å². The van der Waals surface area contributed by atoms with Crippen LogP contribution in [0.5, 0.6) is 0 Å². The molecule has 1 fully saturated rings. The van der Waals surface area contributed by atoms with E-state index >= 15 is 0 Å². The molecule has 1 aromatic carbocycles. The average molecular weight is 255 g/mol. The summed E-state index contributed by atoms with van der Waals surface area (Å²) in [5, 5.41) is 8.11. The summed E-state index contributed by atoms with van der Waals surface area (Å²) < 4.78 is 27.1. The van der Waals surface area contributed by atoms with Gasteiger partial charge in [-0.05, 0) is 37.6 Å². The summed E-state index contributed by atoms with van der Waals surface area (Å²) in [7, 11) is 1.47. The van der Waals surface area contributed by atoms with Crippen molar-refractivity contribution in [3.05, 3.63) is 35.4 Å². The maximum Gasteiger partial charge on any atom is 0.316 e. The molecule has 3 N–H and O–H groups in total. The Kier molecular flexibility index (Phi) is 3.47. The van der Waals surface area contributed by atoms with Crippen molar-refractivity contribution in [2.24, 2.45) is 0 Å². The van der Waals surface area contributed by atoms with E-state index < -0.39 is 23.3 Å². The number of hydrogen-bond acceptors (Lipinski definition) is 2. The number of amides is 2. The molecule has 0 spiro atoms. The smallest absolute Gasteiger partial charge is 0.316 e. The predicted molar refractivity (Wildman–Crippen MR) is 62.9 cm³/mol. The maximum atomic E-state index is 13.8. The van der Waals surface area contributed by atoms with E-state index in [1.165, 1.54) is 7.05 Å². The summed E-state index contributed by atoms with van der Waals surface area (Å²) in [6.07, 6.45) is 1.29. The van der Waals surface area contributed by atoms with Gasteiger partial charge in [-0.15, -0.1) is 0 Å². The molecule has 4 nitrogen and oxygen atoms in total. The minimum atomic E-state index is -1.04. The van der Waals surface area contributed by atoms with E-state index in [0.29, 0.717) is 13.0 Å². The molecule has 2 amide bonds.